The van der Waals surface area contributed by atoms with Crippen LogP contribution in [-0.2, 0) is 11.8 Å². The molecule has 8 nitrogen and oxygen atoms in total. The van der Waals surface area contributed by atoms with Crippen LogP contribution in [0.25, 0.3) is 0 Å². The summed E-state index contributed by atoms with van der Waals surface area (Å²) >= 11 is 0. The third-order valence-corrected chi connectivity index (χ3v) is 4.90. The Morgan fingerprint density at radius 2 is 2.16 bits per heavy atom. The number of piperazine rings is 1. The number of nitrogens with zero attached hydrogens (tertiary/aromatic N) is 6. The van der Waals surface area contributed by atoms with Crippen molar-refractivity contribution in [2.75, 3.05) is 51.7 Å². The number of anilines is 1. The molecule has 0 radical (unpaired) electrons. The van der Waals surface area contributed by atoms with Gasteiger partial charge in [0.15, 0.2) is 5.96 Å². The summed E-state index contributed by atoms with van der Waals surface area (Å²) in [5.41, 5.74) is 0.859. The number of nitrogens with one attached hydrogen (secondary N) is 1. The molecular formula is C16H28IN7O. The van der Waals surface area contributed by atoms with Crippen molar-refractivity contribution in [3.63, 3.8) is 0 Å². The van der Waals surface area contributed by atoms with Gasteiger partial charge in [-0.05, 0) is 26.4 Å². The van der Waals surface area contributed by atoms with Crippen LogP contribution in [0.15, 0.2) is 17.4 Å². The number of halogens is 1. The van der Waals surface area contributed by atoms with Crippen LogP contribution >= 0.6 is 24.0 Å². The largest absolute Gasteiger partial charge is 0.355 e. The quantitative estimate of drug-likeness (QED) is 0.400. The molecule has 2 aliphatic rings. The van der Waals surface area contributed by atoms with E-state index in [1.165, 1.54) is 12.8 Å². The molecule has 2 aliphatic heterocycles. The van der Waals surface area contributed by atoms with E-state index in [0.29, 0.717) is 19.1 Å². The predicted octanol–water partition coefficient (Wildman–Crippen LogP) is 0.356. The van der Waals surface area contributed by atoms with Crippen LogP contribution in [0.5, 0.6) is 0 Å². The zero-order valence-electron chi connectivity index (χ0n) is 15.2. The number of hydrogen-bond acceptors (Lipinski definition) is 4. The van der Waals surface area contributed by atoms with Gasteiger partial charge in [-0.1, -0.05) is 0 Å². The van der Waals surface area contributed by atoms with Crippen molar-refractivity contribution in [1.82, 2.24) is 24.9 Å². The Balaban J connectivity index is 0.00000225. The lowest BCUT2D eigenvalue weighted by Gasteiger charge is -2.35. The van der Waals surface area contributed by atoms with Crippen molar-refractivity contribution in [3.8, 4) is 0 Å². The molecule has 3 heterocycles. The maximum Gasteiger partial charge on any atom is 0.246 e. The summed E-state index contributed by atoms with van der Waals surface area (Å²) in [5.74, 6) is 0.893. The number of likely N-dealkylation sites (tertiary alicyclic amines) is 1. The SMILES string of the molecule is CN=C(NCC1CCCN1C)N1CCN(c2cnn(C)c2)C(=O)C1.I. The van der Waals surface area contributed by atoms with Crippen molar-refractivity contribution >= 4 is 41.5 Å². The highest BCUT2D eigenvalue weighted by Crippen LogP contribution is 2.16. The number of hydrogen-bond donors (Lipinski definition) is 1. The van der Waals surface area contributed by atoms with Crippen LogP contribution in [0.3, 0.4) is 0 Å². The number of aromatic nitrogens is 2. The molecule has 25 heavy (non-hydrogen) atoms. The van der Waals surface area contributed by atoms with E-state index in [9.17, 15) is 4.79 Å². The van der Waals surface area contributed by atoms with Crippen molar-refractivity contribution in [2.45, 2.75) is 18.9 Å². The molecule has 1 atom stereocenters. The lowest BCUT2D eigenvalue weighted by molar-refractivity contribution is -0.120. The Hall–Kier alpha value is -1.36. The Morgan fingerprint density at radius 3 is 2.72 bits per heavy atom. The van der Waals surface area contributed by atoms with Gasteiger partial charge in [-0.2, -0.15) is 5.10 Å². The second-order valence-electron chi connectivity index (χ2n) is 6.54. The zero-order chi connectivity index (χ0) is 17.1. The highest BCUT2D eigenvalue weighted by Gasteiger charge is 2.28. The third kappa shape index (κ3) is 4.63. The highest BCUT2D eigenvalue weighted by atomic mass is 127. The summed E-state index contributed by atoms with van der Waals surface area (Å²) in [5, 5.41) is 7.58. The van der Waals surface area contributed by atoms with Gasteiger partial charge in [-0.25, -0.2) is 0 Å². The summed E-state index contributed by atoms with van der Waals surface area (Å²) in [6.45, 7) is 3.79. The first-order valence-electron chi connectivity index (χ1n) is 8.53. The summed E-state index contributed by atoms with van der Waals surface area (Å²) in [7, 11) is 5.80. The summed E-state index contributed by atoms with van der Waals surface area (Å²) in [6, 6.07) is 0.550. The summed E-state index contributed by atoms with van der Waals surface area (Å²) in [6.07, 6.45) is 6.07. The molecule has 1 N–H and O–H groups in total. The second kappa shape index (κ2) is 8.84. The molecule has 3 rings (SSSR count). The minimum absolute atomic E-state index is 0. The van der Waals surface area contributed by atoms with Gasteiger partial charge in [0.25, 0.3) is 0 Å². The third-order valence-electron chi connectivity index (χ3n) is 4.90. The maximum absolute atomic E-state index is 12.5. The van der Waals surface area contributed by atoms with E-state index in [0.717, 1.165) is 31.3 Å². The number of amides is 1. The fourth-order valence-electron chi connectivity index (χ4n) is 3.45. The average molecular weight is 461 g/mol. The number of aliphatic imine (C=N–C) groups is 1. The highest BCUT2D eigenvalue weighted by molar-refractivity contribution is 14.0. The number of carbonyl (C=O) groups is 1. The molecule has 9 heteroatoms. The first-order valence-corrected chi connectivity index (χ1v) is 8.53. The van der Waals surface area contributed by atoms with Crippen LogP contribution in [-0.4, -0.2) is 84.3 Å². The number of aryl methyl sites for hydroxylation is 1. The van der Waals surface area contributed by atoms with E-state index in [4.69, 9.17) is 0 Å². The van der Waals surface area contributed by atoms with Gasteiger partial charge in [0.05, 0.1) is 11.9 Å². The van der Waals surface area contributed by atoms with Crippen LogP contribution in [0.4, 0.5) is 5.69 Å². The van der Waals surface area contributed by atoms with Gasteiger partial charge in [0.2, 0.25) is 5.91 Å². The molecule has 1 aromatic heterocycles. The fourth-order valence-corrected chi connectivity index (χ4v) is 3.45. The molecule has 1 aromatic rings. The van der Waals surface area contributed by atoms with E-state index in [1.54, 1.807) is 22.8 Å². The van der Waals surface area contributed by atoms with Gasteiger partial charge < -0.3 is 20.0 Å². The molecule has 2 saturated heterocycles. The normalized spacial score (nSPS) is 22.3. The minimum Gasteiger partial charge on any atom is -0.355 e. The van der Waals surface area contributed by atoms with Crippen LogP contribution in [0.1, 0.15) is 12.8 Å². The van der Waals surface area contributed by atoms with Gasteiger partial charge in [0, 0.05) is 46.0 Å². The number of carbonyl (C=O) groups excluding carboxylic acids is 1. The van der Waals surface area contributed by atoms with Crippen molar-refractivity contribution in [1.29, 1.82) is 0 Å². The van der Waals surface area contributed by atoms with Crippen molar-refractivity contribution in [3.05, 3.63) is 12.4 Å². The average Bonchev–Trinajstić information content (AvgIpc) is 3.17. The monoisotopic (exact) mass is 461 g/mol. The minimum atomic E-state index is 0. The van der Waals surface area contributed by atoms with E-state index in [-0.39, 0.29) is 29.9 Å². The molecular weight excluding hydrogens is 433 g/mol. The Bertz CT molecular complexity index is 617. The molecule has 1 unspecified atom stereocenters. The van der Waals surface area contributed by atoms with E-state index >= 15 is 0 Å². The zero-order valence-corrected chi connectivity index (χ0v) is 17.5. The molecule has 1 amide bonds. The number of rotatable bonds is 3. The Morgan fingerprint density at radius 1 is 1.36 bits per heavy atom. The molecule has 0 bridgehead atoms. The Kier molecular flexibility index (Phi) is 7.05. The van der Waals surface area contributed by atoms with Gasteiger partial charge in [-0.3, -0.25) is 14.5 Å². The molecule has 2 fully saturated rings. The maximum atomic E-state index is 12.5. The van der Waals surface area contributed by atoms with E-state index in [2.05, 4.69) is 27.4 Å². The first kappa shape index (κ1) is 20.0. The first-order chi connectivity index (χ1) is 11.6. The Labute approximate surface area is 166 Å². The van der Waals surface area contributed by atoms with Crippen LogP contribution in [0, 0.1) is 0 Å². The molecule has 0 aliphatic carbocycles. The molecule has 0 aromatic carbocycles. The van der Waals surface area contributed by atoms with Gasteiger partial charge >= 0.3 is 0 Å². The standard InChI is InChI=1S/C16H27N7O.HI/c1-17-16(18-9-13-5-4-6-20(13)2)22-7-8-23(15(24)12-22)14-10-19-21(3)11-14;/h10-11,13H,4-9,12H2,1-3H3,(H,17,18);1H. The predicted molar refractivity (Wildman–Crippen MR) is 110 cm³/mol. The van der Waals surface area contributed by atoms with Crippen molar-refractivity contribution in [2.24, 2.45) is 12.0 Å². The van der Waals surface area contributed by atoms with Crippen LogP contribution in [0.2, 0.25) is 0 Å². The molecule has 0 spiro atoms. The molecule has 140 valence electrons. The summed E-state index contributed by atoms with van der Waals surface area (Å²) < 4.78 is 1.72. The number of likely N-dealkylation sites (N-methyl/N-ethyl adjacent to an activating group) is 1. The molecule has 0 saturated carbocycles. The van der Waals surface area contributed by atoms with Crippen LogP contribution < -0.4 is 10.2 Å². The van der Waals surface area contributed by atoms with E-state index in [1.807, 2.05) is 18.1 Å². The topological polar surface area (TPSA) is 69.0 Å². The van der Waals surface area contributed by atoms with E-state index < -0.39 is 0 Å². The summed E-state index contributed by atoms with van der Waals surface area (Å²) in [4.78, 5) is 23.1. The lowest BCUT2D eigenvalue weighted by Crippen LogP contribution is -2.56. The van der Waals surface area contributed by atoms with Gasteiger partial charge in [0.1, 0.15) is 6.54 Å². The fraction of sp³-hybridized carbons (Fsp3) is 0.688. The smallest absolute Gasteiger partial charge is 0.246 e. The van der Waals surface area contributed by atoms with Gasteiger partial charge in [-0.15, -0.1) is 24.0 Å². The lowest BCUT2D eigenvalue weighted by atomic mass is 10.2. The number of guanidine groups is 1. The van der Waals surface area contributed by atoms with Crippen molar-refractivity contribution < 1.29 is 4.79 Å². The second-order valence-corrected chi connectivity index (χ2v) is 6.54.